The number of fused-ring (bicyclic) bond motifs is 1. The number of benzene rings is 1. The first-order valence-electron chi connectivity index (χ1n) is 8.59. The number of esters is 1. The molecule has 0 saturated carbocycles. The van der Waals surface area contributed by atoms with Crippen LogP contribution in [-0.4, -0.2) is 47.0 Å². The number of amides is 1. The standard InChI is InChI=1S/C17H18BIN2O8/c1-10(28-17(24)26-9-19)27-16(23)12-5-2-4-11-8-13(18(25)29-15(11)12)21-14(22)6-3-7-20/h2,4-5,10,13,25H,3,6,8-9H2,1H3,(H,21,22)/t10?,13-/m0/s1. The van der Waals surface area contributed by atoms with Crippen molar-refractivity contribution in [1.29, 1.82) is 5.26 Å². The summed E-state index contributed by atoms with van der Waals surface area (Å²) in [5, 5.41) is 21.4. The molecular weight excluding hydrogens is 498 g/mol. The molecule has 12 heteroatoms. The van der Waals surface area contributed by atoms with E-state index in [0.29, 0.717) is 5.56 Å². The van der Waals surface area contributed by atoms with E-state index in [4.69, 9.17) is 19.4 Å². The van der Waals surface area contributed by atoms with E-state index in [1.54, 1.807) is 12.1 Å². The van der Waals surface area contributed by atoms with E-state index >= 15 is 0 Å². The number of hydrogen-bond acceptors (Lipinski definition) is 9. The third-order valence-corrected chi connectivity index (χ3v) is 4.17. The molecule has 0 aliphatic carbocycles. The number of hydrogen-bond donors (Lipinski definition) is 2. The Balaban J connectivity index is 2.06. The minimum absolute atomic E-state index is 0.0107. The smallest absolute Gasteiger partial charge is 0.534 e. The van der Waals surface area contributed by atoms with Crippen LogP contribution in [0.15, 0.2) is 18.2 Å². The van der Waals surface area contributed by atoms with Crippen LogP contribution in [0.2, 0.25) is 0 Å². The van der Waals surface area contributed by atoms with Crippen molar-refractivity contribution in [3.63, 3.8) is 0 Å². The van der Waals surface area contributed by atoms with Crippen LogP contribution in [0.3, 0.4) is 0 Å². The van der Waals surface area contributed by atoms with Gasteiger partial charge in [0.2, 0.25) is 12.2 Å². The molecule has 1 aromatic carbocycles. The molecule has 0 fully saturated rings. The summed E-state index contributed by atoms with van der Waals surface area (Å²) < 4.78 is 20.0. The highest BCUT2D eigenvalue weighted by Gasteiger charge is 2.38. The van der Waals surface area contributed by atoms with Gasteiger partial charge in [0.25, 0.3) is 0 Å². The Hall–Kier alpha value is -2.53. The molecule has 0 spiro atoms. The Morgan fingerprint density at radius 1 is 1.45 bits per heavy atom. The molecule has 10 nitrogen and oxygen atoms in total. The minimum Gasteiger partial charge on any atom is -0.534 e. The van der Waals surface area contributed by atoms with Gasteiger partial charge >= 0.3 is 19.2 Å². The average molecular weight is 516 g/mol. The molecule has 0 radical (unpaired) electrons. The van der Waals surface area contributed by atoms with Crippen LogP contribution in [0.25, 0.3) is 0 Å². The van der Waals surface area contributed by atoms with Gasteiger partial charge in [-0.25, -0.2) is 9.59 Å². The molecule has 2 N–H and O–H groups in total. The first-order chi connectivity index (χ1) is 13.8. The number of nitriles is 1. The van der Waals surface area contributed by atoms with Crippen molar-refractivity contribution in [3.8, 4) is 11.8 Å². The third-order valence-electron chi connectivity index (χ3n) is 3.86. The Morgan fingerprint density at radius 3 is 2.90 bits per heavy atom. The second-order valence-corrected chi connectivity index (χ2v) is 6.56. The number of halogens is 1. The molecule has 0 aromatic heterocycles. The number of carbonyl (C=O) groups excluding carboxylic acids is 3. The molecule has 1 unspecified atom stereocenters. The van der Waals surface area contributed by atoms with E-state index in [-0.39, 0.29) is 41.1 Å². The van der Waals surface area contributed by atoms with Crippen LogP contribution < -0.4 is 9.97 Å². The predicted octanol–water partition coefficient (Wildman–Crippen LogP) is 1.48. The summed E-state index contributed by atoms with van der Waals surface area (Å²) in [6.45, 7) is 1.35. The van der Waals surface area contributed by atoms with E-state index in [1.165, 1.54) is 13.0 Å². The molecule has 0 saturated heterocycles. The van der Waals surface area contributed by atoms with Crippen molar-refractivity contribution in [3.05, 3.63) is 29.3 Å². The lowest BCUT2D eigenvalue weighted by atomic mass is 9.72. The largest absolute Gasteiger partial charge is 0.547 e. The first kappa shape index (κ1) is 22.8. The van der Waals surface area contributed by atoms with Crippen molar-refractivity contribution in [2.45, 2.75) is 38.4 Å². The zero-order valence-corrected chi connectivity index (χ0v) is 17.6. The second-order valence-electron chi connectivity index (χ2n) is 5.93. The maximum absolute atomic E-state index is 12.4. The van der Waals surface area contributed by atoms with Crippen molar-refractivity contribution in [2.75, 3.05) is 4.61 Å². The van der Waals surface area contributed by atoms with Crippen LogP contribution in [-0.2, 0) is 25.4 Å². The molecule has 1 aliphatic heterocycles. The fourth-order valence-electron chi connectivity index (χ4n) is 2.61. The highest BCUT2D eigenvalue weighted by atomic mass is 127. The van der Waals surface area contributed by atoms with Gasteiger partial charge in [0.05, 0.1) is 12.0 Å². The first-order valence-corrected chi connectivity index (χ1v) is 10.1. The average Bonchev–Trinajstić information content (AvgIpc) is 2.66. The van der Waals surface area contributed by atoms with E-state index in [9.17, 15) is 19.4 Å². The highest BCUT2D eigenvalue weighted by molar-refractivity contribution is 14.1. The highest BCUT2D eigenvalue weighted by Crippen LogP contribution is 2.31. The molecule has 1 aromatic rings. The zero-order chi connectivity index (χ0) is 21.4. The van der Waals surface area contributed by atoms with Crippen molar-refractivity contribution < 1.29 is 38.3 Å². The zero-order valence-electron chi connectivity index (χ0n) is 15.4. The van der Waals surface area contributed by atoms with Gasteiger partial charge in [-0.2, -0.15) is 5.26 Å². The van der Waals surface area contributed by atoms with E-state index in [1.807, 2.05) is 28.7 Å². The van der Waals surface area contributed by atoms with Gasteiger partial charge in [-0.15, -0.1) is 0 Å². The summed E-state index contributed by atoms with van der Waals surface area (Å²) in [4.78, 5) is 35.5. The maximum Gasteiger partial charge on any atom is 0.547 e. The molecule has 154 valence electrons. The van der Waals surface area contributed by atoms with Crippen LogP contribution in [0, 0.1) is 11.3 Å². The Bertz CT molecular complexity index is 815. The number of alkyl halides is 1. The SMILES string of the molecule is CC(OC(=O)OCI)OC(=O)c1cccc2c1OB(O)[C@@H](NC(=O)CCC#N)C2. The van der Waals surface area contributed by atoms with Crippen molar-refractivity contribution in [1.82, 2.24) is 5.32 Å². The number of nitrogens with zero attached hydrogens (tertiary/aromatic N) is 1. The Kier molecular flexibility index (Phi) is 8.53. The minimum atomic E-state index is -1.39. The third kappa shape index (κ3) is 6.50. The van der Waals surface area contributed by atoms with Gasteiger partial charge in [-0.05, 0) is 40.6 Å². The summed E-state index contributed by atoms with van der Waals surface area (Å²) in [5.74, 6) is -1.82. The van der Waals surface area contributed by atoms with Crippen molar-refractivity contribution in [2.24, 2.45) is 0 Å². The van der Waals surface area contributed by atoms with Gasteiger partial charge in [0.1, 0.15) is 15.9 Å². The van der Waals surface area contributed by atoms with Crippen molar-refractivity contribution >= 4 is 47.7 Å². The summed E-state index contributed by atoms with van der Waals surface area (Å²) in [6, 6.07) is 6.59. The van der Waals surface area contributed by atoms with Crippen LogP contribution in [0.5, 0.6) is 5.75 Å². The number of rotatable bonds is 7. The lowest BCUT2D eigenvalue weighted by Crippen LogP contribution is -2.53. The van der Waals surface area contributed by atoms with Gasteiger partial charge < -0.3 is 29.2 Å². The summed E-state index contributed by atoms with van der Waals surface area (Å²) in [6.07, 6.45) is -1.89. The maximum atomic E-state index is 12.4. The lowest BCUT2D eigenvalue weighted by Gasteiger charge is -2.29. The number of nitrogens with one attached hydrogen (secondary N) is 1. The Morgan fingerprint density at radius 2 is 2.21 bits per heavy atom. The predicted molar refractivity (Wildman–Crippen MR) is 107 cm³/mol. The van der Waals surface area contributed by atoms with Crippen LogP contribution in [0.1, 0.15) is 35.7 Å². The monoisotopic (exact) mass is 516 g/mol. The number of carbonyl (C=O) groups is 3. The topological polar surface area (TPSA) is 144 Å². The quantitative estimate of drug-likeness (QED) is 0.181. The molecule has 2 atom stereocenters. The van der Waals surface area contributed by atoms with E-state index in [0.717, 1.165) is 0 Å². The lowest BCUT2D eigenvalue weighted by molar-refractivity contribution is -0.121. The second kappa shape index (κ2) is 10.9. The molecule has 29 heavy (non-hydrogen) atoms. The van der Waals surface area contributed by atoms with E-state index < -0.39 is 31.5 Å². The Labute approximate surface area is 180 Å². The van der Waals surface area contributed by atoms with Gasteiger partial charge in [-0.1, -0.05) is 12.1 Å². The summed E-state index contributed by atoms with van der Waals surface area (Å²) in [5.41, 5.74) is 0.613. The summed E-state index contributed by atoms with van der Waals surface area (Å²) in [7, 11) is -1.39. The molecular formula is C17H18BIN2O8. The van der Waals surface area contributed by atoms with Gasteiger partial charge in [0, 0.05) is 19.8 Å². The molecule has 0 bridgehead atoms. The fraction of sp³-hybridized carbons (Fsp3) is 0.412. The number of para-hydroxylation sites is 1. The van der Waals surface area contributed by atoms with E-state index in [2.05, 4.69) is 10.1 Å². The molecule has 1 amide bonds. The molecule has 1 aliphatic rings. The van der Waals surface area contributed by atoms with Gasteiger partial charge in [-0.3, -0.25) is 4.79 Å². The van der Waals surface area contributed by atoms with Gasteiger partial charge in [0.15, 0.2) is 0 Å². The number of ether oxygens (including phenoxy) is 3. The van der Waals surface area contributed by atoms with Crippen LogP contribution in [0.4, 0.5) is 4.79 Å². The fourth-order valence-corrected chi connectivity index (χ4v) is 2.86. The molecule has 1 heterocycles. The van der Waals surface area contributed by atoms with Crippen LogP contribution >= 0.6 is 22.6 Å². The molecule has 2 rings (SSSR count). The normalized spacial score (nSPS) is 15.8. The summed E-state index contributed by atoms with van der Waals surface area (Å²) >= 11 is 1.81.